The normalized spacial score (nSPS) is 11.7. The number of carbonyl (C=O) groups is 1. The minimum Gasteiger partial charge on any atom is -0.464 e. The number of hydrogen-bond acceptors (Lipinski definition) is 6. The number of benzene rings is 1. The van der Waals surface area contributed by atoms with E-state index in [1.165, 1.54) is 15.6 Å². The molecule has 0 unspecified atom stereocenters. The fourth-order valence-electron chi connectivity index (χ4n) is 2.65. The van der Waals surface area contributed by atoms with Crippen LogP contribution in [-0.4, -0.2) is 37.1 Å². The van der Waals surface area contributed by atoms with Crippen molar-refractivity contribution < 1.29 is 9.53 Å². The molecular weight excluding hydrogens is 334 g/mol. The van der Waals surface area contributed by atoms with E-state index in [1.54, 1.807) is 20.8 Å². The van der Waals surface area contributed by atoms with Crippen molar-refractivity contribution in [3.63, 3.8) is 0 Å². The Hall–Kier alpha value is -3.03. The first kappa shape index (κ1) is 17.8. The van der Waals surface area contributed by atoms with Gasteiger partial charge in [0.25, 0.3) is 5.56 Å². The molecule has 0 saturated carbocycles. The molecule has 0 fully saturated rings. The molecule has 0 atom stereocenters. The first-order valence-corrected chi connectivity index (χ1v) is 8.35. The lowest BCUT2D eigenvalue weighted by molar-refractivity contribution is -0.152. The minimum atomic E-state index is -1.20. The molecule has 2 aromatic heterocycles. The van der Waals surface area contributed by atoms with Crippen LogP contribution in [-0.2, 0) is 15.1 Å². The first-order valence-electron chi connectivity index (χ1n) is 8.35. The summed E-state index contributed by atoms with van der Waals surface area (Å²) < 4.78 is 7.81. The van der Waals surface area contributed by atoms with Crippen molar-refractivity contribution in [2.45, 2.75) is 40.2 Å². The predicted molar refractivity (Wildman–Crippen MR) is 96.3 cm³/mol. The first-order chi connectivity index (χ1) is 12.3. The summed E-state index contributed by atoms with van der Waals surface area (Å²) in [6.07, 6.45) is 1.34. The third-order valence-electron chi connectivity index (χ3n) is 4.48. The van der Waals surface area contributed by atoms with Crippen molar-refractivity contribution in [1.29, 1.82) is 0 Å². The predicted octanol–water partition coefficient (Wildman–Crippen LogP) is 1.89. The topological polar surface area (TPSA) is 91.9 Å². The van der Waals surface area contributed by atoms with Crippen LogP contribution < -0.4 is 5.56 Å². The molecule has 0 saturated heterocycles. The second-order valence-electron chi connectivity index (χ2n) is 6.64. The van der Waals surface area contributed by atoms with E-state index in [2.05, 4.69) is 15.3 Å². The van der Waals surface area contributed by atoms with Crippen LogP contribution in [0.2, 0.25) is 0 Å². The van der Waals surface area contributed by atoms with Crippen molar-refractivity contribution >= 4 is 17.1 Å². The van der Waals surface area contributed by atoms with Crippen molar-refractivity contribution in [3.8, 4) is 5.69 Å². The number of nitrogens with zero attached hydrogens (tertiary/aromatic N) is 5. The van der Waals surface area contributed by atoms with Gasteiger partial charge < -0.3 is 4.74 Å². The standard InChI is InChI=1S/C18H21N5O3/c1-6-26-17(25)18(4,5)22-10-19-15-14(16(22)24)20-21-23(15)13-8-7-11(2)12(3)9-13/h7-10H,6H2,1-5H3. The summed E-state index contributed by atoms with van der Waals surface area (Å²) >= 11 is 0. The fourth-order valence-corrected chi connectivity index (χ4v) is 2.65. The zero-order valence-corrected chi connectivity index (χ0v) is 15.5. The van der Waals surface area contributed by atoms with Gasteiger partial charge in [0.2, 0.25) is 0 Å². The Morgan fingerprint density at radius 2 is 1.96 bits per heavy atom. The molecule has 8 heteroatoms. The molecule has 0 aliphatic heterocycles. The van der Waals surface area contributed by atoms with Crippen molar-refractivity contribution in [3.05, 3.63) is 46.0 Å². The van der Waals surface area contributed by atoms with Crippen LogP contribution in [0.1, 0.15) is 31.9 Å². The van der Waals surface area contributed by atoms with Crippen LogP contribution >= 0.6 is 0 Å². The summed E-state index contributed by atoms with van der Waals surface area (Å²) in [5, 5.41) is 8.07. The molecule has 0 N–H and O–H groups in total. The molecule has 2 heterocycles. The number of aromatic nitrogens is 5. The zero-order chi connectivity index (χ0) is 19.1. The van der Waals surface area contributed by atoms with E-state index in [0.717, 1.165) is 16.8 Å². The Labute approximate surface area is 150 Å². The van der Waals surface area contributed by atoms with Gasteiger partial charge in [-0.1, -0.05) is 11.3 Å². The number of ether oxygens (including phenoxy) is 1. The molecule has 26 heavy (non-hydrogen) atoms. The van der Waals surface area contributed by atoms with Crippen LogP contribution in [0.3, 0.4) is 0 Å². The van der Waals surface area contributed by atoms with E-state index in [9.17, 15) is 9.59 Å². The molecule has 0 aliphatic rings. The largest absolute Gasteiger partial charge is 0.464 e. The van der Waals surface area contributed by atoms with E-state index in [1.807, 2.05) is 32.0 Å². The highest BCUT2D eigenvalue weighted by Gasteiger charge is 2.33. The van der Waals surface area contributed by atoms with Crippen molar-refractivity contribution in [1.82, 2.24) is 24.5 Å². The number of rotatable bonds is 4. The second kappa shape index (κ2) is 6.36. The van der Waals surface area contributed by atoms with Gasteiger partial charge in [-0.25, -0.2) is 9.78 Å². The minimum absolute atomic E-state index is 0.100. The summed E-state index contributed by atoms with van der Waals surface area (Å²) in [6, 6.07) is 5.83. The molecule has 0 bridgehead atoms. The molecule has 0 aliphatic carbocycles. The molecule has 0 amide bonds. The van der Waals surface area contributed by atoms with Gasteiger partial charge in [-0.2, -0.15) is 4.68 Å². The Balaban J connectivity index is 2.14. The second-order valence-corrected chi connectivity index (χ2v) is 6.64. The summed E-state index contributed by atoms with van der Waals surface area (Å²) in [4.78, 5) is 29.4. The highest BCUT2D eigenvalue weighted by atomic mass is 16.5. The van der Waals surface area contributed by atoms with Gasteiger partial charge in [-0.3, -0.25) is 9.36 Å². The summed E-state index contributed by atoms with van der Waals surface area (Å²) in [5.74, 6) is -0.509. The number of hydrogen-bond donors (Lipinski definition) is 0. The third kappa shape index (κ3) is 2.77. The molecule has 3 aromatic rings. The van der Waals surface area contributed by atoms with E-state index < -0.39 is 17.1 Å². The average Bonchev–Trinajstić information content (AvgIpc) is 3.02. The van der Waals surface area contributed by atoms with E-state index in [0.29, 0.717) is 5.65 Å². The van der Waals surface area contributed by atoms with E-state index >= 15 is 0 Å². The van der Waals surface area contributed by atoms with Gasteiger partial charge in [0.1, 0.15) is 11.9 Å². The maximum Gasteiger partial charge on any atom is 0.331 e. The van der Waals surface area contributed by atoms with Crippen molar-refractivity contribution in [2.24, 2.45) is 0 Å². The van der Waals surface area contributed by atoms with Gasteiger partial charge in [-0.15, -0.1) is 5.10 Å². The van der Waals surface area contributed by atoms with Gasteiger partial charge >= 0.3 is 5.97 Å². The Morgan fingerprint density at radius 1 is 1.23 bits per heavy atom. The SMILES string of the molecule is CCOC(=O)C(C)(C)n1cnc2c(nnn2-c2ccc(C)c(C)c2)c1=O. The Bertz CT molecular complexity index is 1050. The summed E-state index contributed by atoms with van der Waals surface area (Å²) in [6.45, 7) is 9.18. The lowest BCUT2D eigenvalue weighted by atomic mass is 10.1. The summed E-state index contributed by atoms with van der Waals surface area (Å²) in [5.41, 5.74) is 1.83. The maximum absolute atomic E-state index is 12.8. The van der Waals surface area contributed by atoms with Crippen LogP contribution in [0.5, 0.6) is 0 Å². The lowest BCUT2D eigenvalue weighted by Gasteiger charge is -2.24. The molecule has 136 valence electrons. The van der Waals surface area contributed by atoms with Gasteiger partial charge in [0.05, 0.1) is 12.3 Å². The molecule has 0 spiro atoms. The van der Waals surface area contributed by atoms with Gasteiger partial charge in [0, 0.05) is 0 Å². The smallest absolute Gasteiger partial charge is 0.331 e. The van der Waals surface area contributed by atoms with Crippen LogP contribution in [0.4, 0.5) is 0 Å². The monoisotopic (exact) mass is 355 g/mol. The highest BCUT2D eigenvalue weighted by Crippen LogP contribution is 2.18. The quantitative estimate of drug-likeness (QED) is 0.664. The average molecular weight is 355 g/mol. The molecule has 8 nitrogen and oxygen atoms in total. The molecular formula is C18H21N5O3. The Kier molecular flexibility index (Phi) is 4.35. The molecule has 1 aromatic carbocycles. The Morgan fingerprint density at radius 3 is 2.62 bits per heavy atom. The van der Waals surface area contributed by atoms with Crippen LogP contribution in [0.15, 0.2) is 29.3 Å². The molecule has 3 rings (SSSR count). The highest BCUT2D eigenvalue weighted by molar-refractivity contribution is 5.78. The van der Waals surface area contributed by atoms with Crippen LogP contribution in [0, 0.1) is 13.8 Å². The van der Waals surface area contributed by atoms with Gasteiger partial charge in [-0.05, 0) is 57.9 Å². The summed E-state index contributed by atoms with van der Waals surface area (Å²) in [7, 11) is 0. The van der Waals surface area contributed by atoms with E-state index in [-0.39, 0.29) is 12.1 Å². The number of carbonyl (C=O) groups excluding carboxylic acids is 1. The zero-order valence-electron chi connectivity index (χ0n) is 15.5. The lowest BCUT2D eigenvalue weighted by Crippen LogP contribution is -2.44. The van der Waals surface area contributed by atoms with Crippen LogP contribution in [0.25, 0.3) is 16.9 Å². The number of esters is 1. The van der Waals surface area contributed by atoms with E-state index in [4.69, 9.17) is 4.74 Å². The molecule has 0 radical (unpaired) electrons. The fraction of sp³-hybridized carbons (Fsp3) is 0.389. The van der Waals surface area contributed by atoms with Crippen molar-refractivity contribution in [2.75, 3.05) is 6.61 Å². The van der Waals surface area contributed by atoms with Gasteiger partial charge in [0.15, 0.2) is 11.2 Å². The third-order valence-corrected chi connectivity index (χ3v) is 4.48. The number of fused-ring (bicyclic) bond motifs is 1. The maximum atomic E-state index is 12.8. The number of aryl methyl sites for hydroxylation is 2.